The molecular weight excluding hydrogens is 385 g/mol. The van der Waals surface area contributed by atoms with Crippen molar-refractivity contribution >= 4 is 29.2 Å². The molecule has 6 nitrogen and oxygen atoms in total. The van der Waals surface area contributed by atoms with Crippen LogP contribution in [-0.4, -0.2) is 33.7 Å². The number of imidazole rings is 1. The average molecular weight is 412 g/mol. The highest BCUT2D eigenvalue weighted by molar-refractivity contribution is 6.34. The topological polar surface area (TPSA) is 74.5 Å². The van der Waals surface area contributed by atoms with Crippen LogP contribution in [0.2, 0.25) is 10.0 Å². The largest absolute Gasteiger partial charge is 0.387 e. The Balaban J connectivity index is 2.00. The molecule has 0 aliphatic rings. The molecule has 0 saturated carbocycles. The first-order valence-corrected chi connectivity index (χ1v) is 9.80. The number of hydrogen-bond acceptors (Lipinski definition) is 3. The second kappa shape index (κ2) is 10.5. The highest BCUT2D eigenvalue weighted by atomic mass is 35.5. The smallest absolute Gasteiger partial charge is 0.191 e. The number of aliphatic hydroxyl groups is 1. The van der Waals surface area contributed by atoms with E-state index >= 15 is 0 Å². The van der Waals surface area contributed by atoms with Gasteiger partial charge in [-0.1, -0.05) is 37.0 Å². The molecule has 1 atom stereocenters. The molecule has 0 aliphatic heterocycles. The van der Waals surface area contributed by atoms with Gasteiger partial charge in [0.1, 0.15) is 12.4 Å². The van der Waals surface area contributed by atoms with Crippen molar-refractivity contribution in [3.05, 3.63) is 52.0 Å². The summed E-state index contributed by atoms with van der Waals surface area (Å²) in [5.41, 5.74) is 0.656. The lowest BCUT2D eigenvalue weighted by atomic mass is 10.1. The van der Waals surface area contributed by atoms with Gasteiger partial charge in [-0.15, -0.1) is 0 Å². The molecule has 1 unspecified atom stereocenters. The van der Waals surface area contributed by atoms with Crippen molar-refractivity contribution in [1.82, 2.24) is 20.2 Å². The number of aromatic nitrogens is 2. The van der Waals surface area contributed by atoms with Crippen molar-refractivity contribution in [2.24, 2.45) is 10.9 Å². The average Bonchev–Trinajstić information content (AvgIpc) is 3.02. The lowest BCUT2D eigenvalue weighted by Crippen LogP contribution is -2.39. The minimum atomic E-state index is -0.756. The molecule has 27 heavy (non-hydrogen) atoms. The first kappa shape index (κ1) is 21.5. The van der Waals surface area contributed by atoms with Gasteiger partial charge in [0, 0.05) is 42.1 Å². The lowest BCUT2D eigenvalue weighted by Gasteiger charge is -2.16. The maximum atomic E-state index is 10.4. The fourth-order valence-corrected chi connectivity index (χ4v) is 3.16. The van der Waals surface area contributed by atoms with Crippen LogP contribution in [0, 0.1) is 5.92 Å². The van der Waals surface area contributed by atoms with Gasteiger partial charge in [-0.2, -0.15) is 0 Å². The monoisotopic (exact) mass is 411 g/mol. The number of rotatable bonds is 8. The van der Waals surface area contributed by atoms with Gasteiger partial charge in [-0.05, 0) is 36.6 Å². The number of guanidine groups is 1. The van der Waals surface area contributed by atoms with E-state index in [4.69, 9.17) is 23.2 Å². The number of nitrogens with zero attached hydrogens (tertiary/aromatic N) is 3. The lowest BCUT2D eigenvalue weighted by molar-refractivity contribution is 0.181. The first-order chi connectivity index (χ1) is 12.9. The predicted molar refractivity (Wildman–Crippen MR) is 111 cm³/mol. The molecule has 0 radical (unpaired) electrons. The second-order valence-electron chi connectivity index (χ2n) is 6.68. The molecule has 3 N–H and O–H groups in total. The van der Waals surface area contributed by atoms with E-state index < -0.39 is 6.10 Å². The van der Waals surface area contributed by atoms with Gasteiger partial charge < -0.3 is 20.3 Å². The van der Waals surface area contributed by atoms with Crippen LogP contribution in [-0.2, 0) is 13.1 Å². The van der Waals surface area contributed by atoms with Crippen molar-refractivity contribution in [3.8, 4) is 0 Å². The van der Waals surface area contributed by atoms with E-state index in [9.17, 15) is 5.11 Å². The minimum absolute atomic E-state index is 0.281. The van der Waals surface area contributed by atoms with Gasteiger partial charge in [0.05, 0.1) is 6.10 Å². The van der Waals surface area contributed by atoms with Gasteiger partial charge >= 0.3 is 0 Å². The molecule has 0 amide bonds. The Labute approximate surface area is 170 Å². The molecule has 0 spiro atoms. The van der Waals surface area contributed by atoms with Crippen LogP contribution < -0.4 is 10.6 Å². The summed E-state index contributed by atoms with van der Waals surface area (Å²) in [5, 5.41) is 17.7. The first-order valence-electron chi connectivity index (χ1n) is 9.05. The number of aliphatic imine (C=N–C) groups is 1. The van der Waals surface area contributed by atoms with Gasteiger partial charge in [0.25, 0.3) is 0 Å². The zero-order valence-electron chi connectivity index (χ0n) is 15.9. The third-order valence-electron chi connectivity index (χ3n) is 3.82. The van der Waals surface area contributed by atoms with E-state index in [1.54, 1.807) is 24.4 Å². The molecular formula is C19H27Cl2N5O. The van der Waals surface area contributed by atoms with Crippen LogP contribution >= 0.6 is 23.2 Å². The normalized spacial score (nSPS) is 13.1. The molecule has 8 heteroatoms. The molecule has 1 aromatic heterocycles. The third kappa shape index (κ3) is 7.05. The van der Waals surface area contributed by atoms with Crippen molar-refractivity contribution in [1.29, 1.82) is 0 Å². The van der Waals surface area contributed by atoms with Crippen LogP contribution in [0.25, 0.3) is 0 Å². The Kier molecular flexibility index (Phi) is 8.41. The van der Waals surface area contributed by atoms with E-state index in [0.29, 0.717) is 40.6 Å². The maximum Gasteiger partial charge on any atom is 0.191 e. The van der Waals surface area contributed by atoms with E-state index in [1.165, 1.54) is 0 Å². The summed E-state index contributed by atoms with van der Waals surface area (Å²) in [4.78, 5) is 8.96. The van der Waals surface area contributed by atoms with E-state index in [1.807, 2.05) is 13.1 Å². The highest BCUT2D eigenvalue weighted by Gasteiger charge is 2.11. The minimum Gasteiger partial charge on any atom is -0.387 e. The number of nitrogens with one attached hydrogen (secondary N) is 2. The van der Waals surface area contributed by atoms with Gasteiger partial charge in [-0.3, -0.25) is 0 Å². The summed E-state index contributed by atoms with van der Waals surface area (Å²) in [7, 11) is 0. The third-order valence-corrected chi connectivity index (χ3v) is 4.26. The summed E-state index contributed by atoms with van der Waals surface area (Å²) in [6.07, 6.45) is 3.01. The van der Waals surface area contributed by atoms with Crippen molar-refractivity contribution in [3.63, 3.8) is 0 Å². The molecule has 148 valence electrons. The SMILES string of the molecule is CCNC(=NCc1nccn1CC(C)C)NCC(O)c1cc(Cl)cc(Cl)c1. The molecule has 2 aromatic rings. The van der Waals surface area contributed by atoms with E-state index in [2.05, 4.69) is 39.0 Å². The van der Waals surface area contributed by atoms with Crippen LogP contribution in [0.4, 0.5) is 0 Å². The molecule has 1 heterocycles. The van der Waals surface area contributed by atoms with Gasteiger partial charge in [0.2, 0.25) is 0 Å². The van der Waals surface area contributed by atoms with Gasteiger partial charge in [-0.25, -0.2) is 9.98 Å². The predicted octanol–water partition coefficient (Wildman–Crippen LogP) is 3.63. The Bertz CT molecular complexity index is 740. The highest BCUT2D eigenvalue weighted by Crippen LogP contribution is 2.23. The van der Waals surface area contributed by atoms with E-state index in [-0.39, 0.29) is 6.54 Å². The number of hydrogen-bond donors (Lipinski definition) is 3. The zero-order chi connectivity index (χ0) is 19.8. The van der Waals surface area contributed by atoms with E-state index in [0.717, 1.165) is 12.4 Å². The number of aliphatic hydroxyl groups excluding tert-OH is 1. The fourth-order valence-electron chi connectivity index (χ4n) is 2.62. The molecule has 1 aromatic carbocycles. The van der Waals surface area contributed by atoms with Crippen LogP contribution in [0.3, 0.4) is 0 Å². The quantitative estimate of drug-likeness (QED) is 0.457. The number of benzene rings is 1. The van der Waals surface area contributed by atoms with Crippen LogP contribution in [0.1, 0.15) is 38.3 Å². The fraction of sp³-hybridized carbons (Fsp3) is 0.474. The molecule has 0 saturated heterocycles. The van der Waals surface area contributed by atoms with Crippen LogP contribution in [0.15, 0.2) is 35.6 Å². The second-order valence-corrected chi connectivity index (χ2v) is 7.56. The maximum absolute atomic E-state index is 10.4. The standard InChI is InChI=1S/C19H27Cl2N5O/c1-4-22-19(25-11-18-23-5-6-26(18)12-13(2)3)24-10-17(27)14-7-15(20)9-16(21)8-14/h5-9,13,17,27H,4,10-12H2,1-3H3,(H2,22,24,25). The molecule has 0 bridgehead atoms. The van der Waals surface area contributed by atoms with Crippen molar-refractivity contribution in [2.75, 3.05) is 13.1 Å². The summed E-state index contributed by atoms with van der Waals surface area (Å²) in [5.74, 6) is 2.06. The van der Waals surface area contributed by atoms with Crippen molar-refractivity contribution < 1.29 is 5.11 Å². The van der Waals surface area contributed by atoms with Crippen molar-refractivity contribution in [2.45, 2.75) is 40.0 Å². The summed E-state index contributed by atoms with van der Waals surface area (Å²) >= 11 is 12.0. The molecule has 0 fully saturated rings. The summed E-state index contributed by atoms with van der Waals surface area (Å²) < 4.78 is 2.11. The van der Waals surface area contributed by atoms with Crippen LogP contribution in [0.5, 0.6) is 0 Å². The summed E-state index contributed by atoms with van der Waals surface area (Å²) in [6.45, 7) is 8.68. The Morgan fingerprint density at radius 1 is 1.22 bits per heavy atom. The Morgan fingerprint density at radius 3 is 2.56 bits per heavy atom. The Hall–Kier alpha value is -1.76. The molecule has 2 rings (SSSR count). The Morgan fingerprint density at radius 2 is 1.93 bits per heavy atom. The number of halogens is 2. The summed E-state index contributed by atoms with van der Waals surface area (Å²) in [6, 6.07) is 5.04. The zero-order valence-corrected chi connectivity index (χ0v) is 17.4. The van der Waals surface area contributed by atoms with Gasteiger partial charge in [0.15, 0.2) is 5.96 Å². The molecule has 0 aliphatic carbocycles.